The summed E-state index contributed by atoms with van der Waals surface area (Å²) in [6.45, 7) is 4.02. The fraction of sp³-hybridized carbons (Fsp3) is 0.136. The van der Waals surface area contributed by atoms with Gasteiger partial charge in [-0.2, -0.15) is 5.26 Å². The van der Waals surface area contributed by atoms with Crippen molar-refractivity contribution in [1.82, 2.24) is 14.6 Å². The van der Waals surface area contributed by atoms with Crippen molar-refractivity contribution in [3.8, 4) is 34.3 Å². The molecular formula is C22H18N4O. The van der Waals surface area contributed by atoms with E-state index in [-0.39, 0.29) is 6.10 Å². The predicted octanol–water partition coefficient (Wildman–Crippen LogP) is 4.72. The highest BCUT2D eigenvalue weighted by molar-refractivity contribution is 5.68. The molecule has 0 radical (unpaired) electrons. The lowest BCUT2D eigenvalue weighted by Gasteiger charge is -2.11. The molecule has 0 spiro atoms. The lowest BCUT2D eigenvalue weighted by atomic mass is 10.1. The molecule has 0 unspecified atom stereocenters. The van der Waals surface area contributed by atoms with Crippen molar-refractivity contribution in [2.75, 3.05) is 0 Å². The van der Waals surface area contributed by atoms with Crippen LogP contribution in [0.1, 0.15) is 19.4 Å². The largest absolute Gasteiger partial charge is 0.491 e. The fourth-order valence-corrected chi connectivity index (χ4v) is 3.01. The van der Waals surface area contributed by atoms with Crippen LogP contribution in [0.2, 0.25) is 0 Å². The van der Waals surface area contributed by atoms with E-state index in [1.165, 1.54) is 0 Å². The standard InChI is InChI=1S/C22H18N4O/c1-15(2)27-20-8-4-6-17(12-20)19-9-10-21-24-25-22(26(21)14-19)18-7-3-5-16(11-18)13-23/h3-12,14-15H,1-2H3. The molecule has 4 rings (SSSR count). The van der Waals surface area contributed by atoms with Gasteiger partial charge in [0.15, 0.2) is 11.5 Å². The molecule has 0 aliphatic carbocycles. The SMILES string of the molecule is CC(C)Oc1cccc(-c2ccc3nnc(-c4cccc(C#N)c4)n3c2)c1. The number of hydrogen-bond donors (Lipinski definition) is 0. The average molecular weight is 354 g/mol. The Morgan fingerprint density at radius 2 is 1.74 bits per heavy atom. The van der Waals surface area contributed by atoms with E-state index >= 15 is 0 Å². The average Bonchev–Trinajstić information content (AvgIpc) is 3.11. The summed E-state index contributed by atoms with van der Waals surface area (Å²) >= 11 is 0. The maximum atomic E-state index is 9.15. The second kappa shape index (κ2) is 6.93. The molecule has 0 saturated heterocycles. The van der Waals surface area contributed by atoms with Crippen molar-refractivity contribution in [3.63, 3.8) is 0 Å². The predicted molar refractivity (Wildman–Crippen MR) is 104 cm³/mol. The number of aromatic nitrogens is 3. The monoisotopic (exact) mass is 354 g/mol. The first-order valence-corrected chi connectivity index (χ1v) is 8.76. The Hall–Kier alpha value is -3.65. The second-order valence-electron chi connectivity index (χ2n) is 6.56. The van der Waals surface area contributed by atoms with Gasteiger partial charge in [0.1, 0.15) is 5.75 Å². The molecule has 2 aromatic carbocycles. The minimum atomic E-state index is 0.125. The van der Waals surface area contributed by atoms with Crippen molar-refractivity contribution in [1.29, 1.82) is 5.26 Å². The molecule has 0 bridgehead atoms. The van der Waals surface area contributed by atoms with Gasteiger partial charge in [-0.3, -0.25) is 4.40 Å². The zero-order valence-electron chi connectivity index (χ0n) is 15.1. The normalized spacial score (nSPS) is 10.9. The summed E-state index contributed by atoms with van der Waals surface area (Å²) in [4.78, 5) is 0. The molecule has 0 aliphatic rings. The summed E-state index contributed by atoms with van der Waals surface area (Å²) in [7, 11) is 0. The second-order valence-corrected chi connectivity index (χ2v) is 6.56. The Morgan fingerprint density at radius 3 is 2.56 bits per heavy atom. The third-order valence-electron chi connectivity index (χ3n) is 4.19. The minimum Gasteiger partial charge on any atom is -0.491 e. The summed E-state index contributed by atoms with van der Waals surface area (Å²) in [5.74, 6) is 1.55. The van der Waals surface area contributed by atoms with Crippen molar-refractivity contribution in [2.24, 2.45) is 0 Å². The summed E-state index contributed by atoms with van der Waals surface area (Å²) in [5.41, 5.74) is 4.30. The van der Waals surface area contributed by atoms with Gasteiger partial charge in [-0.05, 0) is 61.4 Å². The summed E-state index contributed by atoms with van der Waals surface area (Å²) in [6.07, 6.45) is 2.14. The van der Waals surface area contributed by atoms with Gasteiger partial charge in [-0.15, -0.1) is 10.2 Å². The topological polar surface area (TPSA) is 63.2 Å². The molecule has 0 fully saturated rings. The minimum absolute atomic E-state index is 0.125. The number of pyridine rings is 1. The summed E-state index contributed by atoms with van der Waals surface area (Å²) in [6, 6.07) is 21.5. The Morgan fingerprint density at radius 1 is 0.926 bits per heavy atom. The van der Waals surface area contributed by atoms with Crippen molar-refractivity contribution < 1.29 is 4.74 Å². The number of hydrogen-bond acceptors (Lipinski definition) is 4. The highest BCUT2D eigenvalue weighted by atomic mass is 16.5. The van der Waals surface area contributed by atoms with Crippen LogP contribution < -0.4 is 4.74 Å². The molecule has 0 saturated carbocycles. The highest BCUT2D eigenvalue weighted by Gasteiger charge is 2.10. The van der Waals surface area contributed by atoms with E-state index < -0.39 is 0 Å². The lowest BCUT2D eigenvalue weighted by Crippen LogP contribution is -2.05. The first-order valence-electron chi connectivity index (χ1n) is 8.76. The van der Waals surface area contributed by atoms with Crippen molar-refractivity contribution in [3.05, 3.63) is 72.4 Å². The van der Waals surface area contributed by atoms with Gasteiger partial charge in [-0.25, -0.2) is 0 Å². The van der Waals surface area contributed by atoms with Gasteiger partial charge in [0, 0.05) is 11.8 Å². The van der Waals surface area contributed by atoms with Crippen molar-refractivity contribution in [2.45, 2.75) is 20.0 Å². The number of rotatable bonds is 4. The van der Waals surface area contributed by atoms with Gasteiger partial charge in [0.25, 0.3) is 0 Å². The third kappa shape index (κ3) is 3.38. The van der Waals surface area contributed by atoms with Crippen LogP contribution in [0, 0.1) is 11.3 Å². The Bertz CT molecular complexity index is 1150. The van der Waals surface area contributed by atoms with Crippen LogP contribution in [0.4, 0.5) is 0 Å². The number of ether oxygens (including phenoxy) is 1. The van der Waals surface area contributed by atoms with Gasteiger partial charge in [0.05, 0.1) is 17.7 Å². The lowest BCUT2D eigenvalue weighted by molar-refractivity contribution is 0.242. The zero-order valence-corrected chi connectivity index (χ0v) is 15.1. The van der Waals surface area contributed by atoms with Crippen molar-refractivity contribution >= 4 is 5.65 Å². The third-order valence-corrected chi connectivity index (χ3v) is 4.19. The molecule has 2 heterocycles. The Labute approximate surface area is 157 Å². The summed E-state index contributed by atoms with van der Waals surface area (Å²) in [5, 5.41) is 17.7. The van der Waals surface area contributed by atoms with Crippen LogP contribution in [0.3, 0.4) is 0 Å². The maximum Gasteiger partial charge on any atom is 0.168 e. The van der Waals surface area contributed by atoms with E-state index in [1.54, 1.807) is 6.07 Å². The van der Waals surface area contributed by atoms with Crippen LogP contribution in [-0.4, -0.2) is 20.7 Å². The highest BCUT2D eigenvalue weighted by Crippen LogP contribution is 2.27. The van der Waals surface area contributed by atoms with E-state index in [0.29, 0.717) is 11.4 Å². The zero-order chi connectivity index (χ0) is 18.8. The molecule has 0 N–H and O–H groups in total. The number of nitrogens with zero attached hydrogens (tertiary/aromatic N) is 4. The van der Waals surface area contributed by atoms with Gasteiger partial charge < -0.3 is 4.74 Å². The van der Waals surface area contributed by atoms with E-state index in [9.17, 15) is 0 Å². The Balaban J connectivity index is 1.80. The van der Waals surface area contributed by atoms with Crippen LogP contribution >= 0.6 is 0 Å². The van der Waals surface area contributed by atoms with Crippen LogP contribution in [0.5, 0.6) is 5.75 Å². The molecule has 132 valence electrons. The van der Waals surface area contributed by atoms with Crippen LogP contribution in [-0.2, 0) is 0 Å². The van der Waals surface area contributed by atoms with E-state index in [2.05, 4.69) is 22.3 Å². The van der Waals surface area contributed by atoms with Gasteiger partial charge >= 0.3 is 0 Å². The maximum absolute atomic E-state index is 9.15. The Kier molecular flexibility index (Phi) is 4.31. The quantitative estimate of drug-likeness (QED) is 0.532. The number of nitriles is 1. The molecule has 4 aromatic rings. The molecule has 5 heteroatoms. The van der Waals surface area contributed by atoms with E-state index in [1.807, 2.05) is 73.0 Å². The van der Waals surface area contributed by atoms with E-state index in [0.717, 1.165) is 28.1 Å². The van der Waals surface area contributed by atoms with Crippen LogP contribution in [0.15, 0.2) is 66.9 Å². The van der Waals surface area contributed by atoms with Crippen LogP contribution in [0.25, 0.3) is 28.2 Å². The molecule has 27 heavy (non-hydrogen) atoms. The first kappa shape index (κ1) is 16.8. The molecular weight excluding hydrogens is 336 g/mol. The number of benzene rings is 2. The molecule has 0 atom stereocenters. The smallest absolute Gasteiger partial charge is 0.168 e. The van der Waals surface area contributed by atoms with Gasteiger partial charge in [-0.1, -0.05) is 24.3 Å². The molecule has 0 aliphatic heterocycles. The van der Waals surface area contributed by atoms with Gasteiger partial charge in [0.2, 0.25) is 0 Å². The first-order chi connectivity index (χ1) is 13.1. The molecule has 2 aromatic heterocycles. The molecule has 0 amide bonds. The number of fused-ring (bicyclic) bond motifs is 1. The molecule has 5 nitrogen and oxygen atoms in total. The fourth-order valence-electron chi connectivity index (χ4n) is 3.01. The van der Waals surface area contributed by atoms with E-state index in [4.69, 9.17) is 10.00 Å². The summed E-state index contributed by atoms with van der Waals surface area (Å²) < 4.78 is 7.75.